The molecule has 1 fully saturated rings. The molecule has 1 saturated heterocycles. The van der Waals surface area contributed by atoms with Crippen molar-refractivity contribution in [2.24, 2.45) is 0 Å². The summed E-state index contributed by atoms with van der Waals surface area (Å²) in [6, 6.07) is 5.67. The molecular formula is C17H23NO4. The van der Waals surface area contributed by atoms with Gasteiger partial charge in [-0.1, -0.05) is 6.07 Å². The molecule has 120 valence electrons. The van der Waals surface area contributed by atoms with Crippen LogP contribution in [-0.2, 0) is 9.53 Å². The van der Waals surface area contributed by atoms with Gasteiger partial charge in [0.25, 0.3) is 0 Å². The fourth-order valence-electron chi connectivity index (χ4n) is 2.23. The molecule has 2 rings (SSSR count). The summed E-state index contributed by atoms with van der Waals surface area (Å²) in [5, 5.41) is 0. The maximum absolute atomic E-state index is 12.1. The zero-order valence-corrected chi connectivity index (χ0v) is 13.2. The van der Waals surface area contributed by atoms with Gasteiger partial charge < -0.3 is 19.1 Å². The predicted octanol–water partition coefficient (Wildman–Crippen LogP) is 2.36. The van der Waals surface area contributed by atoms with E-state index in [2.05, 4.69) is 0 Å². The quantitative estimate of drug-likeness (QED) is 0.757. The number of hydrogen-bond donors (Lipinski definition) is 0. The fourth-order valence-corrected chi connectivity index (χ4v) is 2.23. The highest BCUT2D eigenvalue weighted by Gasteiger charge is 2.14. The molecule has 22 heavy (non-hydrogen) atoms. The van der Waals surface area contributed by atoms with E-state index < -0.39 is 0 Å². The Morgan fingerprint density at radius 2 is 1.86 bits per heavy atom. The summed E-state index contributed by atoms with van der Waals surface area (Å²) >= 11 is 0. The van der Waals surface area contributed by atoms with Crippen LogP contribution in [0, 0.1) is 0 Å². The van der Waals surface area contributed by atoms with E-state index in [1.165, 1.54) is 0 Å². The number of nitrogens with zero attached hydrogens (tertiary/aromatic N) is 1. The Kier molecular flexibility index (Phi) is 6.27. The minimum atomic E-state index is 0.00939. The van der Waals surface area contributed by atoms with Crippen LogP contribution < -0.4 is 9.47 Å². The van der Waals surface area contributed by atoms with E-state index in [0.717, 1.165) is 11.3 Å². The standard InChI is InChI=1S/C17H23NO4/c1-3-21-15-7-5-14(13-16(15)22-4-2)6-8-17(19)18-9-11-20-12-10-18/h5-8,13H,3-4,9-12H2,1-2H3/b8-6+. The van der Waals surface area contributed by atoms with E-state index >= 15 is 0 Å². The van der Waals surface area contributed by atoms with Crippen molar-refractivity contribution in [1.29, 1.82) is 0 Å². The van der Waals surface area contributed by atoms with E-state index in [1.807, 2.05) is 32.0 Å². The average Bonchev–Trinajstić information content (AvgIpc) is 2.56. The maximum Gasteiger partial charge on any atom is 0.246 e. The van der Waals surface area contributed by atoms with Crippen molar-refractivity contribution in [1.82, 2.24) is 4.90 Å². The molecular weight excluding hydrogens is 282 g/mol. The molecule has 0 aliphatic carbocycles. The average molecular weight is 305 g/mol. The van der Waals surface area contributed by atoms with Gasteiger partial charge in [-0.25, -0.2) is 0 Å². The van der Waals surface area contributed by atoms with Crippen LogP contribution in [-0.4, -0.2) is 50.3 Å². The van der Waals surface area contributed by atoms with Crippen LogP contribution in [0.25, 0.3) is 6.08 Å². The zero-order valence-electron chi connectivity index (χ0n) is 13.2. The molecule has 0 aromatic heterocycles. The molecule has 0 saturated carbocycles. The lowest BCUT2D eigenvalue weighted by Gasteiger charge is -2.25. The number of ether oxygens (including phenoxy) is 3. The molecule has 0 atom stereocenters. The highest BCUT2D eigenvalue weighted by molar-refractivity contribution is 5.91. The number of rotatable bonds is 6. The van der Waals surface area contributed by atoms with Crippen molar-refractivity contribution in [3.63, 3.8) is 0 Å². The number of benzene rings is 1. The second kappa shape index (κ2) is 8.44. The summed E-state index contributed by atoms with van der Waals surface area (Å²) < 4.78 is 16.4. The molecule has 1 aliphatic heterocycles. The molecule has 1 heterocycles. The van der Waals surface area contributed by atoms with Gasteiger partial charge in [0, 0.05) is 19.2 Å². The first-order valence-electron chi connectivity index (χ1n) is 7.69. The van der Waals surface area contributed by atoms with E-state index in [1.54, 1.807) is 17.1 Å². The van der Waals surface area contributed by atoms with Crippen LogP contribution in [0.5, 0.6) is 11.5 Å². The number of carbonyl (C=O) groups excluding carboxylic acids is 1. The van der Waals surface area contributed by atoms with Crippen molar-refractivity contribution in [3.05, 3.63) is 29.8 Å². The second-order valence-corrected chi connectivity index (χ2v) is 4.84. The van der Waals surface area contributed by atoms with Crippen molar-refractivity contribution in [2.45, 2.75) is 13.8 Å². The lowest BCUT2D eigenvalue weighted by molar-refractivity contribution is -0.129. The fraction of sp³-hybridized carbons (Fsp3) is 0.471. The Hall–Kier alpha value is -2.01. The summed E-state index contributed by atoms with van der Waals surface area (Å²) in [5.41, 5.74) is 0.911. The van der Waals surface area contributed by atoms with Gasteiger partial charge in [0.2, 0.25) is 5.91 Å². The Morgan fingerprint density at radius 1 is 1.18 bits per heavy atom. The van der Waals surface area contributed by atoms with Gasteiger partial charge in [-0.15, -0.1) is 0 Å². The molecule has 0 bridgehead atoms. The minimum Gasteiger partial charge on any atom is -0.490 e. The lowest BCUT2D eigenvalue weighted by Crippen LogP contribution is -2.39. The number of carbonyl (C=O) groups is 1. The van der Waals surface area contributed by atoms with E-state index in [0.29, 0.717) is 45.3 Å². The molecule has 0 unspecified atom stereocenters. The summed E-state index contributed by atoms with van der Waals surface area (Å²) in [5.74, 6) is 1.43. The Labute approximate surface area is 131 Å². The Bertz CT molecular complexity index is 521. The monoisotopic (exact) mass is 305 g/mol. The van der Waals surface area contributed by atoms with Crippen LogP contribution in [0.1, 0.15) is 19.4 Å². The summed E-state index contributed by atoms with van der Waals surface area (Å²) in [4.78, 5) is 13.9. The Balaban J connectivity index is 2.06. The predicted molar refractivity (Wildman–Crippen MR) is 85.2 cm³/mol. The molecule has 5 heteroatoms. The first kappa shape index (κ1) is 16.4. The van der Waals surface area contributed by atoms with Gasteiger partial charge in [-0.2, -0.15) is 0 Å². The number of morpholine rings is 1. The smallest absolute Gasteiger partial charge is 0.246 e. The van der Waals surface area contributed by atoms with Crippen molar-refractivity contribution < 1.29 is 19.0 Å². The van der Waals surface area contributed by atoms with Crippen LogP contribution >= 0.6 is 0 Å². The largest absolute Gasteiger partial charge is 0.490 e. The van der Waals surface area contributed by atoms with Crippen LogP contribution in [0.15, 0.2) is 24.3 Å². The first-order valence-corrected chi connectivity index (χ1v) is 7.69. The van der Waals surface area contributed by atoms with Crippen molar-refractivity contribution >= 4 is 12.0 Å². The maximum atomic E-state index is 12.1. The first-order chi connectivity index (χ1) is 10.7. The molecule has 1 amide bonds. The SMILES string of the molecule is CCOc1ccc(/C=C/C(=O)N2CCOCC2)cc1OCC. The third-order valence-electron chi connectivity index (χ3n) is 3.31. The van der Waals surface area contributed by atoms with Gasteiger partial charge in [-0.3, -0.25) is 4.79 Å². The third kappa shape index (κ3) is 4.49. The van der Waals surface area contributed by atoms with Gasteiger partial charge in [0.05, 0.1) is 26.4 Å². The number of hydrogen-bond acceptors (Lipinski definition) is 4. The molecule has 1 aromatic rings. The van der Waals surface area contributed by atoms with Crippen LogP contribution in [0.3, 0.4) is 0 Å². The van der Waals surface area contributed by atoms with Gasteiger partial charge in [0.1, 0.15) is 0 Å². The van der Waals surface area contributed by atoms with Gasteiger partial charge >= 0.3 is 0 Å². The summed E-state index contributed by atoms with van der Waals surface area (Å²) in [6.45, 7) is 7.54. The number of amides is 1. The van der Waals surface area contributed by atoms with Crippen LogP contribution in [0.4, 0.5) is 0 Å². The van der Waals surface area contributed by atoms with Crippen molar-refractivity contribution in [2.75, 3.05) is 39.5 Å². The highest BCUT2D eigenvalue weighted by Crippen LogP contribution is 2.29. The summed E-state index contributed by atoms with van der Waals surface area (Å²) in [7, 11) is 0. The second-order valence-electron chi connectivity index (χ2n) is 4.84. The molecule has 1 aliphatic rings. The molecule has 5 nitrogen and oxygen atoms in total. The molecule has 0 spiro atoms. The van der Waals surface area contributed by atoms with Crippen molar-refractivity contribution in [3.8, 4) is 11.5 Å². The molecule has 0 N–H and O–H groups in total. The van der Waals surface area contributed by atoms with E-state index in [-0.39, 0.29) is 5.91 Å². The van der Waals surface area contributed by atoms with Gasteiger partial charge in [0.15, 0.2) is 11.5 Å². The molecule has 1 aromatic carbocycles. The zero-order chi connectivity index (χ0) is 15.8. The topological polar surface area (TPSA) is 48.0 Å². The summed E-state index contributed by atoms with van der Waals surface area (Å²) in [6.07, 6.45) is 3.40. The van der Waals surface area contributed by atoms with E-state index in [9.17, 15) is 4.79 Å². The van der Waals surface area contributed by atoms with Crippen LogP contribution in [0.2, 0.25) is 0 Å². The third-order valence-corrected chi connectivity index (χ3v) is 3.31. The lowest BCUT2D eigenvalue weighted by atomic mass is 10.2. The van der Waals surface area contributed by atoms with Gasteiger partial charge in [-0.05, 0) is 37.6 Å². The normalized spacial score (nSPS) is 15.1. The highest BCUT2D eigenvalue weighted by atomic mass is 16.5. The minimum absolute atomic E-state index is 0.00939. The molecule has 0 radical (unpaired) electrons. The van der Waals surface area contributed by atoms with E-state index in [4.69, 9.17) is 14.2 Å². The Morgan fingerprint density at radius 3 is 2.55 bits per heavy atom.